The molecular weight excluding hydrogens is 356 g/mol. The van der Waals surface area contributed by atoms with Crippen LogP contribution in [0.4, 0.5) is 5.82 Å². The lowest BCUT2D eigenvalue weighted by atomic mass is 9.97. The molecule has 146 valence electrons. The molecule has 2 aliphatic rings. The van der Waals surface area contributed by atoms with E-state index in [1.165, 1.54) is 0 Å². The van der Waals surface area contributed by atoms with Crippen LogP contribution in [-0.4, -0.2) is 50.8 Å². The summed E-state index contributed by atoms with van der Waals surface area (Å²) >= 11 is 0. The molecule has 1 unspecified atom stereocenters. The molecule has 2 aromatic heterocycles. The van der Waals surface area contributed by atoms with Crippen molar-refractivity contribution in [2.24, 2.45) is 16.1 Å². The number of hydrogen-bond acceptors (Lipinski definition) is 7. The van der Waals surface area contributed by atoms with Gasteiger partial charge in [0.2, 0.25) is 11.6 Å². The van der Waals surface area contributed by atoms with Gasteiger partial charge >= 0.3 is 0 Å². The molecule has 28 heavy (non-hydrogen) atoms. The van der Waals surface area contributed by atoms with Gasteiger partial charge in [0.05, 0.1) is 0 Å². The van der Waals surface area contributed by atoms with Gasteiger partial charge in [-0.2, -0.15) is 10.2 Å². The zero-order chi connectivity index (χ0) is 19.4. The predicted molar refractivity (Wildman–Crippen MR) is 104 cm³/mol. The Balaban J connectivity index is 1.26. The molecule has 1 atom stereocenters. The molecule has 0 bridgehead atoms. The third-order valence-corrected chi connectivity index (χ3v) is 5.41. The van der Waals surface area contributed by atoms with Gasteiger partial charge in [0.1, 0.15) is 6.33 Å². The van der Waals surface area contributed by atoms with Gasteiger partial charge in [-0.15, -0.1) is 22.5 Å². The number of terminal acetylenes is 1. The number of carbonyl (C=O) groups is 1. The predicted octanol–water partition coefficient (Wildman–Crippen LogP) is 1.81. The molecule has 1 N–H and O–H groups in total. The van der Waals surface area contributed by atoms with Crippen molar-refractivity contribution in [2.75, 3.05) is 24.5 Å². The number of aromatic nitrogens is 4. The highest BCUT2D eigenvalue weighted by atomic mass is 16.1. The van der Waals surface area contributed by atoms with Crippen molar-refractivity contribution in [3.63, 3.8) is 0 Å². The summed E-state index contributed by atoms with van der Waals surface area (Å²) in [4.78, 5) is 19.0. The summed E-state index contributed by atoms with van der Waals surface area (Å²) < 4.78 is 1.87. The van der Waals surface area contributed by atoms with Crippen LogP contribution in [0.5, 0.6) is 0 Å². The number of nitrogens with zero attached hydrogens (tertiary/aromatic N) is 7. The van der Waals surface area contributed by atoms with Crippen molar-refractivity contribution >= 4 is 17.4 Å². The molecule has 2 aliphatic heterocycles. The minimum absolute atomic E-state index is 0.0483. The van der Waals surface area contributed by atoms with Crippen molar-refractivity contribution in [2.45, 2.75) is 44.2 Å². The smallest absolute Gasteiger partial charge is 0.220 e. The first-order valence-corrected chi connectivity index (χ1v) is 9.73. The number of nitrogens with one attached hydrogen (secondary N) is 1. The van der Waals surface area contributed by atoms with Gasteiger partial charge in [0.25, 0.3) is 0 Å². The van der Waals surface area contributed by atoms with Crippen LogP contribution in [0, 0.1) is 18.3 Å². The molecule has 0 spiro atoms. The number of rotatable bonds is 8. The van der Waals surface area contributed by atoms with Gasteiger partial charge in [-0.25, -0.2) is 4.98 Å². The standard InChI is InChI=1S/C19H24N8O/c1-2-3-7-19(24-25-19)8-6-16(28)21-12-15-5-4-10-26(13-15)17-18-23-22-14-27(18)11-9-20-17/h1,9,11,14-15H,3-8,10,12-13H2,(H,21,28). The summed E-state index contributed by atoms with van der Waals surface area (Å²) in [7, 11) is 0. The number of amides is 1. The van der Waals surface area contributed by atoms with Gasteiger partial charge in [-0.1, -0.05) is 0 Å². The van der Waals surface area contributed by atoms with Crippen molar-refractivity contribution in [1.82, 2.24) is 24.9 Å². The molecule has 0 aromatic carbocycles. The van der Waals surface area contributed by atoms with Gasteiger partial charge in [-0.05, 0) is 18.8 Å². The fraction of sp³-hybridized carbons (Fsp3) is 0.579. The summed E-state index contributed by atoms with van der Waals surface area (Å²) in [6.45, 7) is 2.44. The van der Waals surface area contributed by atoms with Crippen molar-refractivity contribution in [3.8, 4) is 12.3 Å². The average Bonchev–Trinajstić information content (AvgIpc) is 3.34. The van der Waals surface area contributed by atoms with Crippen LogP contribution in [0.3, 0.4) is 0 Å². The van der Waals surface area contributed by atoms with E-state index in [-0.39, 0.29) is 5.91 Å². The van der Waals surface area contributed by atoms with E-state index in [0.717, 1.165) is 43.8 Å². The highest BCUT2D eigenvalue weighted by Crippen LogP contribution is 2.37. The molecule has 4 rings (SSSR count). The van der Waals surface area contributed by atoms with Crippen LogP contribution in [0.15, 0.2) is 28.9 Å². The first-order chi connectivity index (χ1) is 13.7. The summed E-state index contributed by atoms with van der Waals surface area (Å²) in [5.41, 5.74) is 0.370. The average molecular weight is 380 g/mol. The third-order valence-electron chi connectivity index (χ3n) is 5.41. The summed E-state index contributed by atoms with van der Waals surface area (Å²) in [5, 5.41) is 19.4. The molecule has 0 aliphatic carbocycles. The zero-order valence-electron chi connectivity index (χ0n) is 15.8. The summed E-state index contributed by atoms with van der Waals surface area (Å²) in [5.74, 6) is 3.89. The van der Waals surface area contributed by atoms with Gasteiger partial charge in [0, 0.05) is 57.7 Å². The van der Waals surface area contributed by atoms with E-state index in [4.69, 9.17) is 6.42 Å². The molecule has 0 radical (unpaired) electrons. The second kappa shape index (κ2) is 7.92. The Labute approximate surface area is 163 Å². The maximum atomic E-state index is 12.2. The molecule has 1 saturated heterocycles. The Bertz CT molecular complexity index is 908. The molecule has 2 aromatic rings. The molecule has 1 fully saturated rings. The Kier molecular flexibility index (Phi) is 5.19. The van der Waals surface area contributed by atoms with E-state index in [1.807, 2.05) is 10.6 Å². The number of carbonyl (C=O) groups excluding carboxylic acids is 1. The minimum Gasteiger partial charge on any atom is -0.356 e. The topological polar surface area (TPSA) is 100 Å². The second-order valence-corrected chi connectivity index (χ2v) is 7.46. The number of piperidine rings is 1. The van der Waals surface area contributed by atoms with Crippen molar-refractivity contribution in [3.05, 3.63) is 18.7 Å². The van der Waals surface area contributed by atoms with E-state index in [0.29, 0.717) is 31.7 Å². The Morgan fingerprint density at radius 1 is 1.39 bits per heavy atom. The van der Waals surface area contributed by atoms with Crippen molar-refractivity contribution < 1.29 is 4.79 Å². The Hall–Kier alpha value is -3.02. The van der Waals surface area contributed by atoms with Gasteiger partial charge < -0.3 is 10.2 Å². The molecule has 9 nitrogen and oxygen atoms in total. The monoisotopic (exact) mass is 380 g/mol. The van der Waals surface area contributed by atoms with Crippen molar-refractivity contribution in [1.29, 1.82) is 0 Å². The number of anilines is 1. The molecule has 9 heteroatoms. The van der Waals surface area contributed by atoms with E-state index in [2.05, 4.69) is 41.5 Å². The number of fused-ring (bicyclic) bond motifs is 1. The highest BCUT2D eigenvalue weighted by molar-refractivity contribution is 5.76. The van der Waals surface area contributed by atoms with Crippen LogP contribution in [-0.2, 0) is 4.79 Å². The van der Waals surface area contributed by atoms with E-state index in [1.54, 1.807) is 12.5 Å². The highest BCUT2D eigenvalue weighted by Gasteiger charge is 2.39. The quantitative estimate of drug-likeness (QED) is 0.704. The number of hydrogen-bond donors (Lipinski definition) is 1. The van der Waals surface area contributed by atoms with Crippen LogP contribution >= 0.6 is 0 Å². The van der Waals surface area contributed by atoms with E-state index < -0.39 is 5.66 Å². The van der Waals surface area contributed by atoms with Gasteiger partial charge in [0.15, 0.2) is 11.5 Å². The molecule has 1 amide bonds. The third kappa shape index (κ3) is 4.11. The fourth-order valence-corrected chi connectivity index (χ4v) is 3.72. The zero-order valence-corrected chi connectivity index (χ0v) is 15.8. The van der Waals surface area contributed by atoms with Crippen LogP contribution < -0.4 is 10.2 Å². The van der Waals surface area contributed by atoms with Gasteiger partial charge in [-0.3, -0.25) is 9.20 Å². The second-order valence-electron chi connectivity index (χ2n) is 7.46. The normalized spacial score (nSPS) is 20.1. The molecule has 4 heterocycles. The largest absolute Gasteiger partial charge is 0.356 e. The van der Waals surface area contributed by atoms with Crippen LogP contribution in [0.25, 0.3) is 5.65 Å². The summed E-state index contributed by atoms with van der Waals surface area (Å²) in [6, 6.07) is 0. The lowest BCUT2D eigenvalue weighted by molar-refractivity contribution is -0.121. The first kappa shape index (κ1) is 18.3. The van der Waals surface area contributed by atoms with Crippen LogP contribution in [0.2, 0.25) is 0 Å². The minimum atomic E-state index is -0.395. The first-order valence-electron chi connectivity index (χ1n) is 9.73. The molecular formula is C19H24N8O. The Morgan fingerprint density at radius 3 is 3.11 bits per heavy atom. The lowest BCUT2D eigenvalue weighted by Gasteiger charge is -2.33. The van der Waals surface area contributed by atoms with Crippen LogP contribution in [0.1, 0.15) is 38.5 Å². The maximum Gasteiger partial charge on any atom is 0.220 e. The maximum absolute atomic E-state index is 12.2. The molecule has 0 saturated carbocycles. The van der Waals surface area contributed by atoms with E-state index >= 15 is 0 Å². The van der Waals surface area contributed by atoms with E-state index in [9.17, 15) is 4.79 Å². The SMILES string of the molecule is C#CCCC1(CCC(=O)NCC2CCCN(c3nccn4cnnc34)C2)N=N1. The fourth-order valence-electron chi connectivity index (χ4n) is 3.72. The Morgan fingerprint density at radius 2 is 2.29 bits per heavy atom. The summed E-state index contributed by atoms with van der Waals surface area (Å²) in [6.07, 6.45) is 15.2. The lowest BCUT2D eigenvalue weighted by Crippen LogP contribution is -2.41.